The number of aliphatic carboxylic acids is 2. The number of carboxylic acids is 2. The maximum absolute atomic E-state index is 12.7. The van der Waals surface area contributed by atoms with Crippen LogP contribution >= 0.6 is 0 Å². The van der Waals surface area contributed by atoms with Crippen molar-refractivity contribution in [3.63, 3.8) is 0 Å². The van der Waals surface area contributed by atoms with E-state index in [0.29, 0.717) is 25.7 Å². The van der Waals surface area contributed by atoms with Crippen LogP contribution in [0.25, 0.3) is 0 Å². The first-order valence-electron chi connectivity index (χ1n) is 28.3. The zero-order valence-corrected chi connectivity index (χ0v) is 48.1. The van der Waals surface area contributed by atoms with Gasteiger partial charge in [0.25, 0.3) is 0 Å². The molecule has 4 heterocycles. The molecule has 27 nitrogen and oxygen atoms in total. The number of carbonyl (C=O) groups excluding carboxylic acids is 5. The van der Waals surface area contributed by atoms with Crippen LogP contribution in [0.1, 0.15) is 158 Å². The van der Waals surface area contributed by atoms with Crippen molar-refractivity contribution in [1.82, 2.24) is 0 Å². The molecule has 4 aliphatic rings. The summed E-state index contributed by atoms with van der Waals surface area (Å²) in [5, 5.41) is 57.4. The topological polar surface area (TPSA) is 404 Å². The number of hydrogen-bond acceptors (Lipinski definition) is 24. The Balaban J connectivity index is 0.000000426. The van der Waals surface area contributed by atoms with Crippen LogP contribution in [0.5, 0.6) is 0 Å². The van der Waals surface area contributed by atoms with Crippen molar-refractivity contribution in [3.8, 4) is 0 Å². The second-order valence-corrected chi connectivity index (χ2v) is 21.5. The second kappa shape index (κ2) is 36.5. The molecule has 0 aromatic carbocycles. The highest BCUT2D eigenvalue weighted by atomic mass is 16.7. The van der Waals surface area contributed by atoms with E-state index in [1.54, 1.807) is 55.4 Å². The molecule has 0 aromatic heterocycles. The van der Waals surface area contributed by atoms with E-state index in [1.807, 2.05) is 0 Å². The van der Waals surface area contributed by atoms with Crippen LogP contribution < -0.4 is 11.5 Å². The molecule has 27 heteroatoms. The first kappa shape index (κ1) is 71.0. The standard InChI is InChI=1S/C28H47NO13.C26H45NO12/c1-15(8-10-23(29)32)26(36)42-21-14-22(28(40-18(21)4)38-16(2)9-11-24(33)34)41-25(35)7-5-6-12-37-27-20(31)13-19(30)17(3)39-27;1-14(13-27)24(33)39-20-12-21(26(37-17(20)4)35-15(2)8-9-22(30)31)38-23(32)7-5-6-10-34-25-19(29)11-18(28)16(3)36-25/h15-22,27-28,30-31H,5-14H2,1-4H3,(H2,29,32)(H,33,34);14-21,25-26,28-29H,5-13,27H2,1-4H3,(H,30,31)/t15-,16-,17?,18?,19-,20?,21-,22?,27-,28-;14-,15-,16?,17?,18-,19?,20-,21?,25-,26-/m11/s1. The minimum atomic E-state index is -0.999. The van der Waals surface area contributed by atoms with E-state index >= 15 is 0 Å². The van der Waals surface area contributed by atoms with E-state index in [4.69, 9.17) is 78.5 Å². The van der Waals surface area contributed by atoms with Gasteiger partial charge in [-0.15, -0.1) is 0 Å². The van der Waals surface area contributed by atoms with Gasteiger partial charge in [0.05, 0.1) is 60.7 Å². The van der Waals surface area contributed by atoms with Crippen LogP contribution in [0.2, 0.25) is 0 Å². The van der Waals surface area contributed by atoms with Crippen molar-refractivity contribution in [1.29, 1.82) is 0 Å². The highest BCUT2D eigenvalue weighted by Crippen LogP contribution is 2.31. The summed E-state index contributed by atoms with van der Waals surface area (Å²) in [6.07, 6.45) is -10.2. The van der Waals surface area contributed by atoms with Crippen LogP contribution in [0, 0.1) is 11.8 Å². The number of hydrogen-bond donors (Lipinski definition) is 8. The van der Waals surface area contributed by atoms with Gasteiger partial charge in [0.2, 0.25) is 5.91 Å². The maximum atomic E-state index is 12.7. The molecule has 4 fully saturated rings. The summed E-state index contributed by atoms with van der Waals surface area (Å²) in [7, 11) is 0. The Labute approximate surface area is 473 Å². The molecule has 4 rings (SSSR count). The first-order chi connectivity index (χ1) is 38.2. The Morgan fingerprint density at radius 3 is 1.22 bits per heavy atom. The summed E-state index contributed by atoms with van der Waals surface area (Å²) in [5.41, 5.74) is 10.7. The summed E-state index contributed by atoms with van der Waals surface area (Å²) >= 11 is 0. The number of amides is 1. The number of primary amides is 1. The summed E-state index contributed by atoms with van der Waals surface area (Å²) in [6.45, 7) is 14.1. The molecular formula is C54H92N2O25. The van der Waals surface area contributed by atoms with Gasteiger partial charge in [-0.25, -0.2) is 0 Å². The van der Waals surface area contributed by atoms with E-state index in [2.05, 4.69) is 0 Å². The first-order valence-corrected chi connectivity index (χ1v) is 28.3. The van der Waals surface area contributed by atoms with Gasteiger partial charge in [0, 0.05) is 77.5 Å². The van der Waals surface area contributed by atoms with E-state index < -0.39 is 164 Å². The molecule has 20 atom stereocenters. The number of nitrogens with two attached hydrogens (primary N) is 2. The predicted molar refractivity (Wildman–Crippen MR) is 280 cm³/mol. The number of aliphatic hydroxyl groups excluding tert-OH is 4. The Hall–Kier alpha value is -4.23. The number of carbonyl (C=O) groups is 7. The molecule has 4 saturated heterocycles. The van der Waals surface area contributed by atoms with Gasteiger partial charge < -0.3 is 98.9 Å². The number of aliphatic hydroxyl groups is 4. The molecule has 1 amide bonds. The summed E-state index contributed by atoms with van der Waals surface area (Å²) < 4.78 is 68.2. The predicted octanol–water partition coefficient (Wildman–Crippen LogP) is 2.01. The van der Waals surface area contributed by atoms with Gasteiger partial charge in [-0.2, -0.15) is 0 Å². The lowest BCUT2D eigenvalue weighted by atomic mass is 10.0. The number of unbranched alkanes of at least 4 members (excludes halogenated alkanes) is 2. The third-order valence-electron chi connectivity index (χ3n) is 14.1. The van der Waals surface area contributed by atoms with Crippen LogP contribution in [-0.2, 0) is 90.4 Å². The third-order valence-corrected chi connectivity index (χ3v) is 14.1. The summed E-state index contributed by atoms with van der Waals surface area (Å²) in [4.78, 5) is 83.2. The third kappa shape index (κ3) is 26.5. The summed E-state index contributed by atoms with van der Waals surface area (Å²) in [5.74, 6) is -5.57. The number of esters is 4. The fourth-order valence-corrected chi connectivity index (χ4v) is 8.71. The smallest absolute Gasteiger partial charge is 0.310 e. The minimum absolute atomic E-state index is 0.0406. The Morgan fingerprint density at radius 2 is 0.852 bits per heavy atom. The molecule has 81 heavy (non-hydrogen) atoms. The fraction of sp³-hybridized carbons (Fsp3) is 0.870. The molecule has 0 aliphatic carbocycles. The van der Waals surface area contributed by atoms with Crippen molar-refractivity contribution in [2.45, 2.75) is 269 Å². The Bertz CT molecular complexity index is 1930. The lowest BCUT2D eigenvalue weighted by Crippen LogP contribution is -2.51. The van der Waals surface area contributed by atoms with E-state index in [-0.39, 0.29) is 96.8 Å². The van der Waals surface area contributed by atoms with Gasteiger partial charge in [-0.1, -0.05) is 13.8 Å². The van der Waals surface area contributed by atoms with Crippen molar-refractivity contribution in [2.24, 2.45) is 23.3 Å². The molecule has 0 radical (unpaired) electrons. The van der Waals surface area contributed by atoms with E-state index in [0.717, 1.165) is 0 Å². The largest absolute Gasteiger partial charge is 0.481 e. The Kier molecular flexibility index (Phi) is 32.0. The van der Waals surface area contributed by atoms with Gasteiger partial charge in [0.1, 0.15) is 24.4 Å². The maximum Gasteiger partial charge on any atom is 0.310 e. The van der Waals surface area contributed by atoms with Crippen molar-refractivity contribution in [3.05, 3.63) is 0 Å². The molecule has 468 valence electrons. The van der Waals surface area contributed by atoms with Gasteiger partial charge >= 0.3 is 35.8 Å². The second-order valence-electron chi connectivity index (χ2n) is 21.5. The number of carboxylic acid groups (broad SMARTS) is 2. The van der Waals surface area contributed by atoms with Crippen LogP contribution in [0.3, 0.4) is 0 Å². The summed E-state index contributed by atoms with van der Waals surface area (Å²) in [6, 6.07) is 0. The lowest BCUT2D eigenvalue weighted by molar-refractivity contribution is -0.280. The average molecular weight is 1170 g/mol. The van der Waals surface area contributed by atoms with Crippen LogP contribution in [-0.4, -0.2) is 203 Å². The van der Waals surface area contributed by atoms with Gasteiger partial charge in [-0.3, -0.25) is 33.6 Å². The number of rotatable bonds is 32. The van der Waals surface area contributed by atoms with Gasteiger partial charge in [-0.05, 0) is 86.5 Å². The molecule has 0 aromatic rings. The molecule has 0 spiro atoms. The SMILES string of the molecule is CC1O[C@@H](OCCCCC(=O)OC2C[C@@H](OC(=O)[C@H](C)CCC(N)=O)C(C)O[C@H]2O[C@H](C)CCC(=O)O)C(O)C[C@H]1O.CC1O[C@@H](OCCCCC(=O)OC2C[C@@H](OC(=O)[C@H](C)CN)C(C)O[C@H]2O[C@H](C)CCC(=O)O)C(O)C[C@H]1O. The van der Waals surface area contributed by atoms with Crippen LogP contribution in [0.4, 0.5) is 0 Å². The van der Waals surface area contributed by atoms with E-state index in [9.17, 15) is 54.0 Å². The molecule has 0 saturated carbocycles. The molecule has 10 N–H and O–H groups in total. The highest BCUT2D eigenvalue weighted by molar-refractivity contribution is 5.76. The average Bonchev–Trinajstić information content (AvgIpc) is 3.39. The molecule has 4 aliphatic heterocycles. The zero-order chi connectivity index (χ0) is 60.5. The number of ether oxygens (including phenoxy) is 12. The monoisotopic (exact) mass is 1170 g/mol. The highest BCUT2D eigenvalue weighted by Gasteiger charge is 2.44. The van der Waals surface area contributed by atoms with Crippen LogP contribution in [0.15, 0.2) is 0 Å². The van der Waals surface area contributed by atoms with Crippen molar-refractivity contribution < 1.29 is 121 Å². The molecule has 0 bridgehead atoms. The Morgan fingerprint density at radius 1 is 0.469 bits per heavy atom. The fourth-order valence-electron chi connectivity index (χ4n) is 8.71. The molecular weight excluding hydrogens is 1080 g/mol. The van der Waals surface area contributed by atoms with Crippen molar-refractivity contribution >= 4 is 41.7 Å². The quantitative estimate of drug-likeness (QED) is 0.0271. The van der Waals surface area contributed by atoms with Crippen molar-refractivity contribution in [2.75, 3.05) is 19.8 Å². The zero-order valence-electron chi connectivity index (χ0n) is 48.1. The normalized spacial score (nSPS) is 31.9. The van der Waals surface area contributed by atoms with E-state index in [1.165, 1.54) is 0 Å². The molecule has 8 unspecified atom stereocenters. The minimum Gasteiger partial charge on any atom is -0.481 e. The lowest BCUT2D eigenvalue weighted by Gasteiger charge is -2.40. The van der Waals surface area contributed by atoms with Gasteiger partial charge in [0.15, 0.2) is 37.4 Å².